The van der Waals surface area contributed by atoms with E-state index in [1.165, 1.54) is 136 Å². The molecule has 72 heavy (non-hydrogen) atoms. The Morgan fingerprint density at radius 1 is 0.431 bits per heavy atom. The van der Waals surface area contributed by atoms with Crippen LogP contribution in [0.2, 0.25) is 0 Å². The number of hydrogen-bond donors (Lipinski definition) is 0. The van der Waals surface area contributed by atoms with E-state index >= 15 is 0 Å². The summed E-state index contributed by atoms with van der Waals surface area (Å²) in [5.41, 5.74) is 0. The van der Waals surface area contributed by atoms with Crippen molar-refractivity contribution in [3.63, 3.8) is 0 Å². The Labute approximate surface area is 446 Å². The van der Waals surface area contributed by atoms with Crippen molar-refractivity contribution in [1.82, 2.24) is 0 Å². The average Bonchev–Trinajstić information content (AvgIpc) is 3.45. The van der Waals surface area contributed by atoms with Crippen LogP contribution in [0.15, 0.2) is 117 Å². The lowest BCUT2D eigenvalue weighted by Gasteiger charge is -2.23. The van der Waals surface area contributed by atoms with Crippen LogP contribution in [0.4, 0.5) is 0 Å². The van der Waals surface area contributed by atoms with Crippen LogP contribution in [0, 0.1) is 5.92 Å². The summed E-state index contributed by atoms with van der Waals surface area (Å²) in [4.78, 5) is 5.84. The first kappa shape index (κ1) is 57.0. The molecule has 4 heterocycles. The monoisotopic (exact) mass is 1060 g/mol. The van der Waals surface area contributed by atoms with Gasteiger partial charge < -0.3 is 37.9 Å². The SMILES string of the molecule is CC(C)Oc1ccc([S+]2CCOCC2)cc1.CCCCOc1ccc([S+]2CCOCC2)cc1.c1cc([S+]2CCOCC2)ccc1OC1CCCCC1.c1cc([S+]2CCOCC2)ccc1OCC1CCCCC1. The zero-order chi connectivity index (χ0) is 49.8. The molecule has 4 aromatic rings. The number of unbranched alkanes of at least 4 members (excludes halogenated alkanes) is 1. The lowest BCUT2D eigenvalue weighted by molar-refractivity contribution is 0.155. The fourth-order valence-corrected chi connectivity index (χ4v) is 16.8. The Balaban J connectivity index is 0.000000141. The van der Waals surface area contributed by atoms with Gasteiger partial charge in [0.1, 0.15) is 69.0 Å². The quantitative estimate of drug-likeness (QED) is 0.0861. The Morgan fingerprint density at radius 2 is 0.778 bits per heavy atom. The van der Waals surface area contributed by atoms with Crippen molar-refractivity contribution in [3.8, 4) is 23.0 Å². The summed E-state index contributed by atoms with van der Waals surface area (Å²) in [5, 5.41) is 0. The smallest absolute Gasteiger partial charge is 0.155 e. The van der Waals surface area contributed by atoms with Crippen LogP contribution in [0.25, 0.3) is 0 Å². The fourth-order valence-electron chi connectivity index (χ4n) is 9.46. The van der Waals surface area contributed by atoms with Crippen LogP contribution in [-0.4, -0.2) is 124 Å². The highest BCUT2D eigenvalue weighted by Gasteiger charge is 2.28. The second kappa shape index (κ2) is 33.4. The van der Waals surface area contributed by atoms with Gasteiger partial charge in [0.15, 0.2) is 19.6 Å². The summed E-state index contributed by atoms with van der Waals surface area (Å²) in [5.74, 6) is 14.3. The molecule has 4 aliphatic heterocycles. The molecule has 8 nitrogen and oxygen atoms in total. The van der Waals surface area contributed by atoms with Gasteiger partial charge in [-0.1, -0.05) is 39.0 Å². The summed E-state index contributed by atoms with van der Waals surface area (Å²) in [6.45, 7) is 15.3. The van der Waals surface area contributed by atoms with Crippen LogP contribution in [0.1, 0.15) is 97.8 Å². The molecule has 0 N–H and O–H groups in total. The summed E-state index contributed by atoms with van der Waals surface area (Å²) < 4.78 is 45.0. The van der Waals surface area contributed by atoms with Crippen molar-refractivity contribution in [1.29, 1.82) is 0 Å². The average molecular weight is 1070 g/mol. The molecule has 0 aromatic heterocycles. The van der Waals surface area contributed by atoms with E-state index in [0.29, 0.717) is 49.7 Å². The maximum atomic E-state index is 6.08. The van der Waals surface area contributed by atoms with Gasteiger partial charge in [0.2, 0.25) is 0 Å². The Kier molecular flexibility index (Phi) is 26.4. The van der Waals surface area contributed by atoms with Crippen molar-refractivity contribution < 1.29 is 37.9 Å². The van der Waals surface area contributed by atoms with Gasteiger partial charge in [-0.3, -0.25) is 0 Å². The molecular weight excluding hydrogens is 977 g/mol. The molecule has 12 heteroatoms. The third kappa shape index (κ3) is 20.8. The minimum absolute atomic E-state index is 0.247. The topological polar surface area (TPSA) is 73.8 Å². The second-order valence-corrected chi connectivity index (χ2v) is 28.6. The molecule has 0 spiro atoms. The van der Waals surface area contributed by atoms with E-state index in [9.17, 15) is 0 Å². The van der Waals surface area contributed by atoms with E-state index in [0.717, 1.165) is 101 Å². The zero-order valence-corrected chi connectivity index (χ0v) is 47.3. The molecule has 0 amide bonds. The Bertz CT molecular complexity index is 1990. The van der Waals surface area contributed by atoms with E-state index in [1.807, 2.05) is 13.8 Å². The molecule has 0 atom stereocenters. The molecule has 4 aromatic carbocycles. The van der Waals surface area contributed by atoms with Crippen molar-refractivity contribution in [2.24, 2.45) is 5.92 Å². The highest BCUT2D eigenvalue weighted by molar-refractivity contribution is 7.97. The van der Waals surface area contributed by atoms with Crippen molar-refractivity contribution in [2.75, 3.05) is 112 Å². The van der Waals surface area contributed by atoms with E-state index in [1.54, 1.807) is 0 Å². The largest absolute Gasteiger partial charge is 0.494 e. The maximum absolute atomic E-state index is 6.08. The third-order valence-electron chi connectivity index (χ3n) is 13.6. The minimum Gasteiger partial charge on any atom is -0.494 e. The van der Waals surface area contributed by atoms with E-state index in [4.69, 9.17) is 37.9 Å². The number of benzene rings is 4. The zero-order valence-electron chi connectivity index (χ0n) is 44.1. The summed E-state index contributed by atoms with van der Waals surface area (Å²) in [6.07, 6.45) is 16.4. The highest BCUT2D eigenvalue weighted by Crippen LogP contribution is 2.28. The molecule has 0 unspecified atom stereocenters. The molecule has 2 aliphatic carbocycles. The van der Waals surface area contributed by atoms with Gasteiger partial charge in [0.05, 0.1) is 78.3 Å². The van der Waals surface area contributed by atoms with Gasteiger partial charge in [-0.25, -0.2) is 0 Å². The number of hydrogen-bond acceptors (Lipinski definition) is 8. The van der Waals surface area contributed by atoms with E-state index in [-0.39, 0.29) is 6.10 Å². The summed E-state index contributed by atoms with van der Waals surface area (Å²) >= 11 is 0. The minimum atomic E-state index is 0.247. The summed E-state index contributed by atoms with van der Waals surface area (Å²) in [7, 11) is 1.58. The van der Waals surface area contributed by atoms with Crippen LogP contribution < -0.4 is 18.9 Å². The molecule has 0 radical (unpaired) electrons. The van der Waals surface area contributed by atoms with Crippen molar-refractivity contribution in [2.45, 2.75) is 130 Å². The predicted octanol–water partition coefficient (Wildman–Crippen LogP) is 12.4. The van der Waals surface area contributed by atoms with Crippen molar-refractivity contribution >= 4 is 43.6 Å². The normalized spacial score (nSPS) is 19.9. The van der Waals surface area contributed by atoms with Crippen molar-refractivity contribution in [3.05, 3.63) is 97.1 Å². The number of rotatable bonds is 15. The Morgan fingerprint density at radius 3 is 1.15 bits per heavy atom. The lowest BCUT2D eigenvalue weighted by atomic mass is 9.90. The first-order valence-electron chi connectivity index (χ1n) is 27.5. The van der Waals surface area contributed by atoms with Gasteiger partial charge in [-0.05, 0) is 162 Å². The van der Waals surface area contributed by atoms with Crippen LogP contribution in [-0.2, 0) is 62.5 Å². The van der Waals surface area contributed by atoms with E-state index < -0.39 is 0 Å². The Hall–Kier alpha value is -2.68. The van der Waals surface area contributed by atoms with Gasteiger partial charge in [-0.15, -0.1) is 0 Å². The highest BCUT2D eigenvalue weighted by atomic mass is 32.2. The van der Waals surface area contributed by atoms with Gasteiger partial charge in [0.25, 0.3) is 0 Å². The van der Waals surface area contributed by atoms with Crippen LogP contribution in [0.3, 0.4) is 0 Å². The van der Waals surface area contributed by atoms with Crippen LogP contribution in [0.5, 0.6) is 23.0 Å². The predicted molar refractivity (Wildman–Crippen MR) is 306 cm³/mol. The van der Waals surface area contributed by atoms with Gasteiger partial charge in [-0.2, -0.15) is 0 Å². The molecule has 6 fully saturated rings. The fraction of sp³-hybridized carbons (Fsp3) is 0.600. The molecule has 396 valence electrons. The molecular formula is C60H88O8S4+4. The van der Waals surface area contributed by atoms with E-state index in [2.05, 4.69) is 104 Å². The molecule has 4 saturated heterocycles. The molecule has 2 saturated carbocycles. The number of ether oxygens (including phenoxy) is 8. The van der Waals surface area contributed by atoms with Crippen LogP contribution >= 0.6 is 0 Å². The first-order valence-corrected chi connectivity index (χ1v) is 33.7. The lowest BCUT2D eigenvalue weighted by Crippen LogP contribution is -2.26. The first-order chi connectivity index (χ1) is 35.5. The second-order valence-electron chi connectivity index (χ2n) is 19.5. The summed E-state index contributed by atoms with van der Waals surface area (Å²) in [6, 6.07) is 34.9. The van der Waals surface area contributed by atoms with Gasteiger partial charge >= 0.3 is 0 Å². The molecule has 0 bridgehead atoms. The standard InChI is InChI=1S/C17H25O2S.C16H23O2S.C14H21O2S.C13H19O2S/c1-2-4-15(5-3-1)14-19-16-6-8-17(9-7-16)20-12-10-18-11-13-20;1-2-4-14(5-3-1)18-15-6-8-16(9-7-15)19-12-10-17-11-13-19;1-2-3-8-16-13-4-6-14(7-5-13)17-11-9-15-10-12-17;1-11(2)15-12-3-5-13(6-4-12)16-9-7-14-8-10-16/h6-9,15H,1-5,10-14H2;6-9,14H,1-5,10-13H2;4-7H,2-3,8-12H2,1H3;3-6,11H,7-10H2,1-2H3/q4*+1. The third-order valence-corrected chi connectivity index (χ3v) is 22.7. The van der Waals surface area contributed by atoms with Gasteiger partial charge in [0, 0.05) is 43.6 Å². The maximum Gasteiger partial charge on any atom is 0.155 e. The molecule has 10 rings (SSSR count). The molecule has 6 aliphatic rings.